The molecule has 1 aromatic rings. The fourth-order valence-electron chi connectivity index (χ4n) is 0.953. The monoisotopic (exact) mass is 297 g/mol. The number of nitrogens with two attached hydrogens (primary N) is 1. The predicted molar refractivity (Wildman–Crippen MR) is 63.2 cm³/mol. The van der Waals surface area contributed by atoms with Crippen molar-refractivity contribution in [2.45, 2.75) is 4.90 Å². The second-order valence-corrected chi connectivity index (χ2v) is 4.77. The van der Waals surface area contributed by atoms with Gasteiger partial charge in [-0.3, -0.25) is 9.98 Å². The molecular weight excluding hydrogens is 289 g/mol. The Morgan fingerprint density at radius 3 is 2.67 bits per heavy atom. The molecule has 0 aliphatic carbocycles. The maximum absolute atomic E-state index is 11.3. The number of hydrogen-bond acceptors (Lipinski definition) is 5. The van der Waals surface area contributed by atoms with E-state index in [2.05, 4.69) is 22.7 Å². The van der Waals surface area contributed by atoms with Crippen LogP contribution < -0.4 is 45.8 Å². The molecule has 92 valence electrons. The van der Waals surface area contributed by atoms with E-state index in [1.54, 1.807) is 0 Å². The molecule has 1 aromatic carbocycles. The van der Waals surface area contributed by atoms with E-state index < -0.39 is 20.8 Å². The van der Waals surface area contributed by atoms with Gasteiger partial charge in [0.25, 0.3) is 10.1 Å². The van der Waals surface area contributed by atoms with Crippen molar-refractivity contribution in [3.63, 3.8) is 0 Å². The minimum Gasteiger partial charge on any atom is -0.872 e. The summed E-state index contributed by atoms with van der Waals surface area (Å²) < 4.78 is 30.4. The Balaban J connectivity index is 0.00000289. The predicted octanol–water partition coefficient (Wildman–Crippen LogP) is -3.82. The van der Waals surface area contributed by atoms with Gasteiger partial charge in [-0.05, 0) is 29.9 Å². The third kappa shape index (κ3) is 5.29. The van der Waals surface area contributed by atoms with Crippen LogP contribution in [0.25, 0.3) is 0 Å². The molecule has 0 radical (unpaired) electrons. The molecule has 0 heterocycles. The van der Waals surface area contributed by atoms with Gasteiger partial charge in [0.2, 0.25) is 0 Å². The van der Waals surface area contributed by atoms with Crippen LogP contribution in [0.5, 0.6) is 5.75 Å². The van der Waals surface area contributed by atoms with Gasteiger partial charge in [-0.25, -0.2) is 0 Å². The molecule has 4 N–H and O–H groups in total. The smallest absolute Gasteiger partial charge is 0.872 e. The van der Waals surface area contributed by atoms with Crippen molar-refractivity contribution in [3.8, 4) is 5.75 Å². The summed E-state index contributed by atoms with van der Waals surface area (Å²) >= 11 is 4.47. The molecule has 1 rings (SSSR count). The van der Waals surface area contributed by atoms with E-state index in [-0.39, 0.29) is 40.2 Å². The van der Waals surface area contributed by atoms with Gasteiger partial charge in [0.15, 0.2) is 5.11 Å². The first-order valence-corrected chi connectivity index (χ1v) is 6.02. The van der Waals surface area contributed by atoms with E-state index in [9.17, 15) is 13.5 Å². The van der Waals surface area contributed by atoms with Crippen LogP contribution in [-0.2, 0) is 10.1 Å². The van der Waals surface area contributed by atoms with Crippen molar-refractivity contribution in [2.75, 3.05) is 0 Å². The van der Waals surface area contributed by atoms with Gasteiger partial charge in [-0.1, -0.05) is 11.8 Å². The summed E-state index contributed by atoms with van der Waals surface area (Å²) in [5.41, 5.74) is 7.27. The molecule has 0 atom stereocenters. The molecule has 10 heteroatoms. The van der Waals surface area contributed by atoms with Crippen molar-refractivity contribution in [1.29, 1.82) is 0 Å². The van der Waals surface area contributed by atoms with Gasteiger partial charge in [0.05, 0.1) is 11.1 Å². The molecule has 7 nitrogen and oxygen atoms in total. The maximum Gasteiger partial charge on any atom is 1.00 e. The Morgan fingerprint density at radius 2 is 2.17 bits per heavy atom. The topological polar surface area (TPSA) is 128 Å². The van der Waals surface area contributed by atoms with Crippen molar-refractivity contribution in [2.24, 2.45) is 10.8 Å². The zero-order chi connectivity index (χ0) is 13.1. The zero-order valence-corrected chi connectivity index (χ0v) is 13.0. The Hall–Kier alpha value is -0.710. The average molecular weight is 297 g/mol. The SMILES string of the molecule is NC(=S)N/N=C\c1cc(S(=O)(=O)O)ccc1[O-].[Na+]. The van der Waals surface area contributed by atoms with Crippen molar-refractivity contribution in [3.05, 3.63) is 23.8 Å². The fourth-order valence-corrected chi connectivity index (χ4v) is 1.52. The average Bonchev–Trinajstić information content (AvgIpc) is 2.18. The fraction of sp³-hybridized carbons (Fsp3) is 0. The third-order valence-electron chi connectivity index (χ3n) is 1.66. The second-order valence-electron chi connectivity index (χ2n) is 2.91. The third-order valence-corrected chi connectivity index (χ3v) is 2.60. The molecule has 0 spiro atoms. The van der Waals surface area contributed by atoms with Gasteiger partial charge in [0, 0.05) is 0 Å². The van der Waals surface area contributed by atoms with E-state index in [1.807, 2.05) is 0 Å². The molecule has 18 heavy (non-hydrogen) atoms. The number of benzene rings is 1. The minimum atomic E-state index is -4.35. The van der Waals surface area contributed by atoms with Gasteiger partial charge in [-0.15, -0.1) is 0 Å². The minimum absolute atomic E-state index is 0. The summed E-state index contributed by atoms with van der Waals surface area (Å²) in [5, 5.41) is 14.7. The maximum atomic E-state index is 11.3. The molecule has 0 aliphatic heterocycles. The summed E-state index contributed by atoms with van der Waals surface area (Å²) in [6, 6.07) is 2.99. The molecular formula is C8H8N3NaO4S2. The number of rotatable bonds is 3. The van der Waals surface area contributed by atoms with Gasteiger partial charge in [-0.2, -0.15) is 13.5 Å². The Labute approximate surface area is 131 Å². The van der Waals surface area contributed by atoms with Crippen LogP contribution in [0, 0.1) is 0 Å². The molecule has 0 saturated heterocycles. The van der Waals surface area contributed by atoms with Gasteiger partial charge in [0.1, 0.15) is 0 Å². The van der Waals surface area contributed by atoms with Crippen molar-refractivity contribution >= 4 is 33.7 Å². The zero-order valence-electron chi connectivity index (χ0n) is 9.32. The molecule has 0 unspecified atom stereocenters. The number of nitrogens with zero attached hydrogens (tertiary/aromatic N) is 1. The molecule has 0 fully saturated rings. The van der Waals surface area contributed by atoms with Crippen molar-refractivity contribution < 1.29 is 47.6 Å². The molecule has 0 saturated carbocycles. The van der Waals surface area contributed by atoms with E-state index >= 15 is 0 Å². The summed E-state index contributed by atoms with van der Waals surface area (Å²) in [4.78, 5) is -0.395. The largest absolute Gasteiger partial charge is 1.00 e. The van der Waals surface area contributed by atoms with Gasteiger partial charge >= 0.3 is 29.6 Å². The molecule has 0 aliphatic rings. The van der Waals surface area contributed by atoms with Gasteiger partial charge < -0.3 is 10.8 Å². The van der Waals surface area contributed by atoms with E-state index in [0.717, 1.165) is 24.4 Å². The molecule has 0 amide bonds. The van der Waals surface area contributed by atoms with Crippen molar-refractivity contribution in [1.82, 2.24) is 5.43 Å². The molecule has 0 aromatic heterocycles. The normalized spacial score (nSPS) is 10.9. The van der Waals surface area contributed by atoms with E-state index in [1.165, 1.54) is 0 Å². The Kier molecular flexibility index (Phi) is 6.74. The van der Waals surface area contributed by atoms with Crippen LogP contribution >= 0.6 is 12.2 Å². The number of thiocarbonyl (C=S) groups is 1. The second kappa shape index (κ2) is 7.02. The Morgan fingerprint density at radius 1 is 1.56 bits per heavy atom. The first-order chi connectivity index (χ1) is 7.80. The summed E-state index contributed by atoms with van der Waals surface area (Å²) in [6.07, 6.45) is 1.05. The van der Waals surface area contributed by atoms with Crippen LogP contribution in [0.15, 0.2) is 28.2 Å². The summed E-state index contributed by atoms with van der Waals surface area (Å²) in [6.45, 7) is 0. The van der Waals surface area contributed by atoms with E-state index in [0.29, 0.717) is 0 Å². The summed E-state index contributed by atoms with van der Waals surface area (Å²) in [5.74, 6) is -0.453. The van der Waals surface area contributed by atoms with E-state index in [4.69, 9.17) is 10.3 Å². The standard InChI is InChI=1S/C8H9N3O4S2.Na/c9-8(16)11-10-4-5-3-6(17(13,14)15)1-2-7(5)12;/h1-4,12H,(H3,9,11,16)(H,13,14,15);/q;+1/p-1/b10-4-;. The summed E-state index contributed by atoms with van der Waals surface area (Å²) in [7, 11) is -4.35. The first-order valence-electron chi connectivity index (χ1n) is 4.18. The quantitative estimate of drug-likeness (QED) is 0.171. The van der Waals surface area contributed by atoms with Crippen LogP contribution in [0.4, 0.5) is 0 Å². The number of nitrogens with one attached hydrogen (secondary N) is 1. The van der Waals surface area contributed by atoms with Crippen LogP contribution in [0.2, 0.25) is 0 Å². The van der Waals surface area contributed by atoms with Crippen LogP contribution in [-0.4, -0.2) is 24.3 Å². The number of hydrogen-bond donors (Lipinski definition) is 3. The first kappa shape index (κ1) is 17.3. The van der Waals surface area contributed by atoms with Crippen LogP contribution in [0.1, 0.15) is 5.56 Å². The Bertz CT molecular complexity index is 574. The number of hydrazone groups is 1. The molecule has 0 bridgehead atoms. The van der Waals surface area contributed by atoms with Crippen LogP contribution in [0.3, 0.4) is 0 Å².